The number of amides is 1. The first-order chi connectivity index (χ1) is 10.1. The van der Waals surface area contributed by atoms with Crippen LogP contribution in [0.3, 0.4) is 0 Å². The van der Waals surface area contributed by atoms with E-state index in [0.717, 1.165) is 11.3 Å². The molecular weight excluding hydrogens is 295 g/mol. The van der Waals surface area contributed by atoms with Crippen LogP contribution in [-0.4, -0.2) is 29.3 Å². The highest BCUT2D eigenvalue weighted by Gasteiger charge is 2.14. The number of benzene rings is 1. The average Bonchev–Trinajstić information content (AvgIpc) is 2.91. The molecule has 0 radical (unpaired) electrons. The van der Waals surface area contributed by atoms with Gasteiger partial charge in [0.25, 0.3) is 5.91 Å². The Morgan fingerprint density at radius 3 is 2.86 bits per heavy atom. The fraction of sp³-hybridized carbons (Fsp3) is 0.308. The summed E-state index contributed by atoms with van der Waals surface area (Å²) >= 11 is 1.14. The summed E-state index contributed by atoms with van der Waals surface area (Å²) in [5.41, 5.74) is 0.334. The monoisotopic (exact) mass is 310 g/mol. The molecule has 6 nitrogen and oxygen atoms in total. The van der Waals surface area contributed by atoms with Gasteiger partial charge in [-0.15, -0.1) is 10.2 Å². The second-order valence-electron chi connectivity index (χ2n) is 3.98. The average molecular weight is 310 g/mol. The van der Waals surface area contributed by atoms with Gasteiger partial charge in [0, 0.05) is 18.3 Å². The van der Waals surface area contributed by atoms with Crippen LogP contribution in [0, 0.1) is 5.82 Å². The number of rotatable bonds is 6. The molecule has 0 aliphatic heterocycles. The Morgan fingerprint density at radius 1 is 1.38 bits per heavy atom. The first-order valence-corrected chi connectivity index (χ1v) is 7.26. The maximum absolute atomic E-state index is 13.7. The minimum absolute atomic E-state index is 0.154. The van der Waals surface area contributed by atoms with Crippen LogP contribution in [0.15, 0.2) is 18.2 Å². The number of carbonyl (C=O) groups excluding carboxylic acids is 1. The van der Waals surface area contributed by atoms with Crippen molar-refractivity contribution in [3.8, 4) is 5.75 Å². The van der Waals surface area contributed by atoms with Crippen molar-refractivity contribution >= 4 is 28.1 Å². The van der Waals surface area contributed by atoms with Crippen molar-refractivity contribution in [1.29, 1.82) is 0 Å². The Balaban J connectivity index is 2.06. The highest BCUT2D eigenvalue weighted by atomic mass is 32.1. The first kappa shape index (κ1) is 15.2. The van der Waals surface area contributed by atoms with E-state index in [0.29, 0.717) is 24.0 Å². The summed E-state index contributed by atoms with van der Waals surface area (Å²) in [5.74, 6) is -0.804. The van der Waals surface area contributed by atoms with Gasteiger partial charge in [-0.1, -0.05) is 11.3 Å². The number of halogens is 1. The minimum atomic E-state index is -0.528. The lowest BCUT2D eigenvalue weighted by molar-refractivity contribution is 0.102. The molecule has 1 aromatic carbocycles. The molecular formula is C13H15FN4O2S. The highest BCUT2D eigenvalue weighted by Crippen LogP contribution is 2.22. The fourth-order valence-electron chi connectivity index (χ4n) is 1.57. The number of hydrogen-bond donors (Lipinski definition) is 2. The molecule has 0 spiro atoms. The number of carbonyl (C=O) groups is 1. The van der Waals surface area contributed by atoms with Crippen molar-refractivity contribution in [1.82, 2.24) is 10.2 Å². The smallest absolute Gasteiger partial charge is 0.286 e. The molecule has 0 unspecified atom stereocenters. The molecule has 2 aromatic rings. The van der Waals surface area contributed by atoms with Crippen LogP contribution in [0.5, 0.6) is 5.75 Å². The molecule has 0 saturated carbocycles. The Bertz CT molecular complexity index is 632. The van der Waals surface area contributed by atoms with Crippen LogP contribution in [0.4, 0.5) is 15.2 Å². The van der Waals surface area contributed by atoms with Crippen LogP contribution >= 0.6 is 11.3 Å². The number of nitrogens with zero attached hydrogens (tertiary/aromatic N) is 2. The van der Waals surface area contributed by atoms with E-state index < -0.39 is 11.7 Å². The largest absolute Gasteiger partial charge is 0.491 e. The molecule has 0 bridgehead atoms. The maximum Gasteiger partial charge on any atom is 0.286 e. The minimum Gasteiger partial charge on any atom is -0.491 e. The van der Waals surface area contributed by atoms with E-state index >= 15 is 0 Å². The van der Waals surface area contributed by atoms with Crippen molar-refractivity contribution in [2.24, 2.45) is 0 Å². The predicted octanol–water partition coefficient (Wildman–Crippen LogP) is 2.76. The molecule has 0 fully saturated rings. The number of hydrogen-bond acceptors (Lipinski definition) is 6. The van der Waals surface area contributed by atoms with Crippen molar-refractivity contribution in [3.63, 3.8) is 0 Å². The third kappa shape index (κ3) is 3.88. The van der Waals surface area contributed by atoms with E-state index in [1.807, 2.05) is 6.92 Å². The Hall–Kier alpha value is -2.22. The third-order valence-electron chi connectivity index (χ3n) is 2.44. The maximum atomic E-state index is 13.7. The first-order valence-electron chi connectivity index (χ1n) is 6.45. The van der Waals surface area contributed by atoms with Gasteiger partial charge in [-0.25, -0.2) is 4.39 Å². The SMILES string of the molecule is CCNc1nnc(C(=O)Nc2ccc(OCC)c(F)c2)s1. The molecule has 2 N–H and O–H groups in total. The van der Waals surface area contributed by atoms with E-state index in [4.69, 9.17) is 4.74 Å². The van der Waals surface area contributed by atoms with Crippen molar-refractivity contribution in [2.75, 3.05) is 23.8 Å². The van der Waals surface area contributed by atoms with E-state index in [2.05, 4.69) is 20.8 Å². The van der Waals surface area contributed by atoms with Crippen LogP contribution in [0.1, 0.15) is 23.6 Å². The lowest BCUT2D eigenvalue weighted by Crippen LogP contribution is -2.11. The number of aromatic nitrogens is 2. The van der Waals surface area contributed by atoms with Crippen LogP contribution in [-0.2, 0) is 0 Å². The molecule has 1 amide bonds. The quantitative estimate of drug-likeness (QED) is 0.858. The van der Waals surface area contributed by atoms with Crippen molar-refractivity contribution in [3.05, 3.63) is 29.0 Å². The molecule has 21 heavy (non-hydrogen) atoms. The summed E-state index contributed by atoms with van der Waals surface area (Å²) in [5, 5.41) is 13.9. The number of anilines is 2. The van der Waals surface area contributed by atoms with Crippen LogP contribution < -0.4 is 15.4 Å². The van der Waals surface area contributed by atoms with E-state index in [9.17, 15) is 9.18 Å². The molecule has 2 rings (SSSR count). The molecule has 1 heterocycles. The molecule has 0 aliphatic rings. The molecule has 0 aliphatic carbocycles. The zero-order valence-corrected chi connectivity index (χ0v) is 12.5. The second kappa shape index (κ2) is 6.98. The molecule has 0 saturated heterocycles. The number of nitrogens with one attached hydrogen (secondary N) is 2. The fourth-order valence-corrected chi connectivity index (χ4v) is 2.28. The Labute approximate surface area is 125 Å². The summed E-state index contributed by atoms with van der Waals surface area (Å²) in [7, 11) is 0. The third-order valence-corrected chi connectivity index (χ3v) is 3.32. The van der Waals surface area contributed by atoms with E-state index in [1.165, 1.54) is 12.1 Å². The lowest BCUT2D eigenvalue weighted by atomic mass is 10.3. The van der Waals surface area contributed by atoms with Gasteiger partial charge in [0.15, 0.2) is 11.6 Å². The Morgan fingerprint density at radius 2 is 2.19 bits per heavy atom. The van der Waals surface area contributed by atoms with Gasteiger partial charge >= 0.3 is 0 Å². The van der Waals surface area contributed by atoms with Crippen molar-refractivity contribution in [2.45, 2.75) is 13.8 Å². The van der Waals surface area contributed by atoms with Crippen molar-refractivity contribution < 1.29 is 13.9 Å². The van der Waals surface area contributed by atoms with Gasteiger partial charge in [0.2, 0.25) is 10.1 Å². The Kier molecular flexibility index (Phi) is 5.04. The normalized spacial score (nSPS) is 10.2. The summed E-state index contributed by atoms with van der Waals surface area (Å²) < 4.78 is 18.8. The number of ether oxygens (including phenoxy) is 1. The van der Waals surface area contributed by atoms with E-state index in [-0.39, 0.29) is 10.8 Å². The van der Waals surface area contributed by atoms with Crippen LogP contribution in [0.25, 0.3) is 0 Å². The summed E-state index contributed by atoms with van der Waals surface area (Å²) in [6.45, 7) is 4.76. The summed E-state index contributed by atoms with van der Waals surface area (Å²) in [6.07, 6.45) is 0. The molecule has 1 aromatic heterocycles. The van der Waals surface area contributed by atoms with Gasteiger partial charge in [-0.2, -0.15) is 0 Å². The molecule has 112 valence electrons. The van der Waals surface area contributed by atoms with Crippen LogP contribution in [0.2, 0.25) is 0 Å². The highest BCUT2D eigenvalue weighted by molar-refractivity contribution is 7.17. The van der Waals surface area contributed by atoms with Gasteiger partial charge in [0.05, 0.1) is 6.61 Å². The summed E-state index contributed by atoms with van der Waals surface area (Å²) in [4.78, 5) is 12.0. The van der Waals surface area contributed by atoms with Gasteiger partial charge < -0.3 is 15.4 Å². The lowest BCUT2D eigenvalue weighted by Gasteiger charge is -2.07. The summed E-state index contributed by atoms with van der Waals surface area (Å²) in [6, 6.07) is 4.24. The predicted molar refractivity (Wildman–Crippen MR) is 79.6 cm³/mol. The van der Waals surface area contributed by atoms with Gasteiger partial charge in [0.1, 0.15) is 0 Å². The van der Waals surface area contributed by atoms with E-state index in [1.54, 1.807) is 13.0 Å². The second-order valence-corrected chi connectivity index (χ2v) is 4.95. The van der Waals surface area contributed by atoms with Gasteiger partial charge in [-0.3, -0.25) is 4.79 Å². The zero-order chi connectivity index (χ0) is 15.2. The standard InChI is InChI=1S/C13H15FN4O2S/c1-3-15-13-18-17-12(21-13)11(19)16-8-5-6-10(20-4-2)9(14)7-8/h5-7H,3-4H2,1-2H3,(H,15,18)(H,16,19). The zero-order valence-electron chi connectivity index (χ0n) is 11.6. The topological polar surface area (TPSA) is 76.1 Å². The van der Waals surface area contributed by atoms with Gasteiger partial charge in [-0.05, 0) is 26.0 Å². The molecule has 8 heteroatoms. The molecule has 0 atom stereocenters.